The van der Waals surface area contributed by atoms with E-state index in [9.17, 15) is 4.79 Å². The second-order valence-corrected chi connectivity index (χ2v) is 5.36. The van der Waals surface area contributed by atoms with E-state index in [1.165, 1.54) is 12.8 Å². The first kappa shape index (κ1) is 13.8. The molecule has 18 heavy (non-hydrogen) atoms. The second-order valence-electron chi connectivity index (χ2n) is 5.36. The molecular weight excluding hydrogens is 230 g/mol. The zero-order valence-electron chi connectivity index (χ0n) is 11.5. The van der Waals surface area contributed by atoms with E-state index in [1.807, 2.05) is 0 Å². The fourth-order valence-corrected chi connectivity index (χ4v) is 2.97. The van der Waals surface area contributed by atoms with Gasteiger partial charge in [-0.2, -0.15) is 0 Å². The van der Waals surface area contributed by atoms with E-state index < -0.39 is 0 Å². The maximum absolute atomic E-state index is 11.8. The number of hydrogen-bond acceptors (Lipinski definition) is 4. The van der Waals surface area contributed by atoms with Gasteiger partial charge < -0.3 is 19.9 Å². The molecule has 2 unspecified atom stereocenters. The van der Waals surface area contributed by atoms with Crippen LogP contribution in [0.1, 0.15) is 19.3 Å². The van der Waals surface area contributed by atoms with Crippen LogP contribution in [0, 0.1) is 0 Å². The highest BCUT2D eigenvalue weighted by Crippen LogP contribution is 2.28. The van der Waals surface area contributed by atoms with E-state index in [0.29, 0.717) is 24.4 Å². The molecule has 0 bridgehead atoms. The van der Waals surface area contributed by atoms with Gasteiger partial charge in [0.15, 0.2) is 0 Å². The summed E-state index contributed by atoms with van der Waals surface area (Å²) in [6.07, 6.45) is 3.03. The number of carbonyl (C=O) groups excluding carboxylic acids is 1. The molecule has 0 aromatic carbocycles. The Morgan fingerprint density at radius 1 is 1.50 bits per heavy atom. The average Bonchev–Trinajstić information content (AvgIpc) is 2.92. The Balaban J connectivity index is 1.66. The summed E-state index contributed by atoms with van der Waals surface area (Å²) in [5, 5.41) is 3.55. The maximum atomic E-state index is 11.8. The van der Waals surface area contributed by atoms with Crippen LogP contribution in [0.4, 0.5) is 0 Å². The average molecular weight is 255 g/mol. The van der Waals surface area contributed by atoms with E-state index in [-0.39, 0.29) is 0 Å². The summed E-state index contributed by atoms with van der Waals surface area (Å²) in [6.45, 7) is 4.64. The van der Waals surface area contributed by atoms with Crippen molar-refractivity contribution in [2.24, 2.45) is 0 Å². The highest BCUT2D eigenvalue weighted by atomic mass is 16.5. The van der Waals surface area contributed by atoms with Crippen molar-refractivity contribution in [3.05, 3.63) is 0 Å². The van der Waals surface area contributed by atoms with Gasteiger partial charge in [0.25, 0.3) is 0 Å². The molecule has 2 rings (SSSR count). The zero-order valence-corrected chi connectivity index (χ0v) is 11.5. The van der Waals surface area contributed by atoms with Crippen molar-refractivity contribution in [3.63, 3.8) is 0 Å². The molecule has 2 saturated heterocycles. The number of carbonyl (C=O) groups is 1. The molecule has 104 valence electrons. The lowest BCUT2D eigenvalue weighted by atomic mass is 10.1. The number of methoxy groups -OCH3 is 1. The van der Waals surface area contributed by atoms with E-state index in [0.717, 1.165) is 32.8 Å². The Hall–Kier alpha value is -0.650. The van der Waals surface area contributed by atoms with Gasteiger partial charge in [-0.3, -0.25) is 4.79 Å². The van der Waals surface area contributed by atoms with Gasteiger partial charge in [-0.1, -0.05) is 0 Å². The first-order valence-electron chi connectivity index (χ1n) is 6.92. The molecule has 2 aliphatic heterocycles. The minimum atomic E-state index is 0.336. The van der Waals surface area contributed by atoms with Crippen LogP contribution < -0.4 is 5.32 Å². The van der Waals surface area contributed by atoms with Gasteiger partial charge in [-0.25, -0.2) is 0 Å². The predicted molar refractivity (Wildman–Crippen MR) is 70.5 cm³/mol. The largest absolute Gasteiger partial charge is 0.383 e. The number of nitrogens with one attached hydrogen (secondary N) is 1. The van der Waals surface area contributed by atoms with E-state index in [2.05, 4.69) is 22.2 Å². The molecule has 0 saturated carbocycles. The van der Waals surface area contributed by atoms with Crippen molar-refractivity contribution < 1.29 is 9.53 Å². The van der Waals surface area contributed by atoms with Gasteiger partial charge in [-0.05, 0) is 19.9 Å². The van der Waals surface area contributed by atoms with Crippen molar-refractivity contribution >= 4 is 5.91 Å². The van der Waals surface area contributed by atoms with Crippen molar-refractivity contribution in [1.29, 1.82) is 0 Å². The SMILES string of the molecule is COCCN(C)CCNC1CC(=O)N2CCCC12. The maximum Gasteiger partial charge on any atom is 0.224 e. The van der Waals surface area contributed by atoms with Crippen LogP contribution in [0.2, 0.25) is 0 Å². The monoisotopic (exact) mass is 255 g/mol. The van der Waals surface area contributed by atoms with Gasteiger partial charge in [0.2, 0.25) is 5.91 Å². The first-order valence-corrected chi connectivity index (χ1v) is 6.92. The lowest BCUT2D eigenvalue weighted by molar-refractivity contribution is -0.127. The van der Waals surface area contributed by atoms with Gasteiger partial charge >= 0.3 is 0 Å². The molecule has 0 aromatic heterocycles. The van der Waals surface area contributed by atoms with Gasteiger partial charge in [0, 0.05) is 51.8 Å². The van der Waals surface area contributed by atoms with Crippen molar-refractivity contribution in [1.82, 2.24) is 15.1 Å². The number of ether oxygens (including phenoxy) is 1. The highest BCUT2D eigenvalue weighted by molar-refractivity contribution is 5.80. The van der Waals surface area contributed by atoms with Crippen LogP contribution >= 0.6 is 0 Å². The molecule has 0 aliphatic carbocycles. The van der Waals surface area contributed by atoms with Gasteiger partial charge in [-0.15, -0.1) is 0 Å². The lowest BCUT2D eigenvalue weighted by Crippen LogP contribution is -2.42. The van der Waals surface area contributed by atoms with Crippen LogP contribution in [0.15, 0.2) is 0 Å². The Labute approximate surface area is 109 Å². The van der Waals surface area contributed by atoms with Gasteiger partial charge in [0.05, 0.1) is 6.61 Å². The molecule has 2 fully saturated rings. The molecule has 0 spiro atoms. The minimum Gasteiger partial charge on any atom is -0.383 e. The third kappa shape index (κ3) is 3.22. The van der Waals surface area contributed by atoms with Gasteiger partial charge in [0.1, 0.15) is 0 Å². The van der Waals surface area contributed by atoms with Crippen molar-refractivity contribution in [2.45, 2.75) is 31.3 Å². The number of rotatable bonds is 7. The third-order valence-electron chi connectivity index (χ3n) is 4.06. The molecule has 1 N–H and O–H groups in total. The Bertz CT molecular complexity index is 285. The van der Waals surface area contributed by atoms with E-state index in [4.69, 9.17) is 4.74 Å². The summed E-state index contributed by atoms with van der Waals surface area (Å²) < 4.78 is 5.05. The first-order chi connectivity index (χ1) is 8.72. The van der Waals surface area contributed by atoms with Crippen LogP contribution in [0.3, 0.4) is 0 Å². The summed E-state index contributed by atoms with van der Waals surface area (Å²) in [7, 11) is 3.83. The van der Waals surface area contributed by atoms with Crippen LogP contribution in [-0.2, 0) is 9.53 Å². The summed E-state index contributed by atoms with van der Waals surface area (Å²) in [5.74, 6) is 0.336. The number of nitrogens with zero attached hydrogens (tertiary/aromatic N) is 2. The Morgan fingerprint density at radius 3 is 3.11 bits per heavy atom. The van der Waals surface area contributed by atoms with E-state index in [1.54, 1.807) is 7.11 Å². The predicted octanol–water partition coefficient (Wildman–Crippen LogP) is -0.0825. The molecule has 2 aliphatic rings. The quantitative estimate of drug-likeness (QED) is 0.691. The Morgan fingerprint density at radius 2 is 2.33 bits per heavy atom. The fraction of sp³-hybridized carbons (Fsp3) is 0.923. The van der Waals surface area contributed by atoms with Crippen molar-refractivity contribution in [2.75, 3.05) is 46.9 Å². The van der Waals surface area contributed by atoms with Crippen LogP contribution in [-0.4, -0.2) is 74.7 Å². The summed E-state index contributed by atoms with van der Waals surface area (Å²) in [4.78, 5) is 16.1. The topological polar surface area (TPSA) is 44.8 Å². The van der Waals surface area contributed by atoms with Crippen LogP contribution in [0.5, 0.6) is 0 Å². The number of fused-ring (bicyclic) bond motifs is 1. The standard InChI is InChI=1S/C13H25N3O2/c1-15(8-9-18-2)7-5-14-11-10-13(17)16-6-3-4-12(11)16/h11-12,14H,3-10H2,1-2H3. The molecular formula is C13H25N3O2. The Kier molecular flexibility index (Phi) is 4.97. The molecule has 0 aromatic rings. The summed E-state index contributed by atoms with van der Waals surface area (Å²) >= 11 is 0. The normalized spacial score (nSPS) is 27.3. The third-order valence-corrected chi connectivity index (χ3v) is 4.06. The number of likely N-dealkylation sites (N-methyl/N-ethyl adjacent to an activating group) is 1. The van der Waals surface area contributed by atoms with Crippen LogP contribution in [0.25, 0.3) is 0 Å². The summed E-state index contributed by atoms with van der Waals surface area (Å²) in [6, 6.07) is 0.831. The summed E-state index contributed by atoms with van der Waals surface area (Å²) in [5.41, 5.74) is 0. The lowest BCUT2D eigenvalue weighted by Gasteiger charge is -2.22. The van der Waals surface area contributed by atoms with E-state index >= 15 is 0 Å². The smallest absolute Gasteiger partial charge is 0.224 e. The molecule has 1 amide bonds. The highest BCUT2D eigenvalue weighted by Gasteiger charge is 2.41. The number of amides is 1. The van der Waals surface area contributed by atoms with Crippen molar-refractivity contribution in [3.8, 4) is 0 Å². The fourth-order valence-electron chi connectivity index (χ4n) is 2.97. The molecule has 5 heteroatoms. The molecule has 2 heterocycles. The zero-order chi connectivity index (χ0) is 13.0. The second kappa shape index (κ2) is 6.50. The number of hydrogen-bond donors (Lipinski definition) is 1. The molecule has 5 nitrogen and oxygen atoms in total. The molecule has 2 atom stereocenters. The minimum absolute atomic E-state index is 0.336. The molecule has 0 radical (unpaired) electrons.